The lowest BCUT2D eigenvalue weighted by atomic mass is 10.2. The molecule has 22 heavy (non-hydrogen) atoms. The minimum Gasteiger partial charge on any atom is -0.473 e. The van der Waals surface area contributed by atoms with Crippen molar-refractivity contribution < 1.29 is 9.53 Å². The molecule has 1 aliphatic rings. The molecule has 1 unspecified atom stereocenters. The maximum atomic E-state index is 12.7. The number of amides is 1. The Balaban J connectivity index is 1.82. The highest BCUT2D eigenvalue weighted by molar-refractivity contribution is 7.99. The highest BCUT2D eigenvalue weighted by Crippen LogP contribution is 2.25. The number of pyridine rings is 1. The van der Waals surface area contributed by atoms with E-state index in [9.17, 15) is 4.79 Å². The van der Waals surface area contributed by atoms with Gasteiger partial charge in [0.1, 0.15) is 11.7 Å². The third-order valence-electron chi connectivity index (χ3n) is 3.62. The molecule has 4 nitrogen and oxygen atoms in total. The maximum Gasteiger partial charge on any atom is 0.263 e. The minimum absolute atomic E-state index is 0.111. The summed E-state index contributed by atoms with van der Waals surface area (Å²) in [5.74, 6) is 2.38. The van der Waals surface area contributed by atoms with Crippen LogP contribution in [-0.2, 0) is 0 Å². The van der Waals surface area contributed by atoms with Crippen molar-refractivity contribution in [1.82, 2.24) is 4.98 Å². The average molecular weight is 314 g/mol. The molecule has 0 radical (unpaired) electrons. The first-order valence-corrected chi connectivity index (χ1v) is 8.43. The number of anilines is 1. The number of ether oxygens (including phenoxy) is 1. The van der Waals surface area contributed by atoms with Crippen LogP contribution in [0.25, 0.3) is 0 Å². The summed E-state index contributed by atoms with van der Waals surface area (Å²) in [6.07, 6.45) is 2.81. The van der Waals surface area contributed by atoms with Gasteiger partial charge in [-0.3, -0.25) is 4.79 Å². The molecule has 3 rings (SSSR count). The fraction of sp³-hybridized carbons (Fsp3) is 0.294. The number of benzene rings is 1. The Hall–Kier alpha value is -2.01. The molecule has 1 aromatic carbocycles. The van der Waals surface area contributed by atoms with E-state index < -0.39 is 0 Å². The van der Waals surface area contributed by atoms with Gasteiger partial charge in [0, 0.05) is 24.7 Å². The number of hydrogen-bond acceptors (Lipinski definition) is 4. The lowest BCUT2D eigenvalue weighted by Crippen LogP contribution is -2.28. The van der Waals surface area contributed by atoms with Gasteiger partial charge in [-0.2, -0.15) is 11.8 Å². The van der Waals surface area contributed by atoms with Crippen molar-refractivity contribution >= 4 is 23.4 Å². The van der Waals surface area contributed by atoms with Crippen molar-refractivity contribution in [2.24, 2.45) is 0 Å². The monoisotopic (exact) mass is 314 g/mol. The maximum absolute atomic E-state index is 12.7. The molecule has 2 heterocycles. The first kappa shape index (κ1) is 14.9. The molecule has 1 aliphatic heterocycles. The summed E-state index contributed by atoms with van der Waals surface area (Å²) in [4.78, 5) is 18.6. The zero-order valence-electron chi connectivity index (χ0n) is 12.4. The van der Waals surface area contributed by atoms with Crippen molar-refractivity contribution in [1.29, 1.82) is 0 Å². The van der Waals surface area contributed by atoms with Crippen LogP contribution < -0.4 is 9.64 Å². The minimum atomic E-state index is -0.111. The molecular weight excluding hydrogens is 296 g/mol. The van der Waals surface area contributed by atoms with Gasteiger partial charge in [-0.1, -0.05) is 18.2 Å². The third kappa shape index (κ3) is 3.25. The molecule has 1 saturated heterocycles. The summed E-state index contributed by atoms with van der Waals surface area (Å²) in [5, 5.41) is 0. The van der Waals surface area contributed by atoms with Gasteiger partial charge in [-0.25, -0.2) is 4.98 Å². The predicted octanol–water partition coefficient (Wildman–Crippen LogP) is 3.24. The normalized spacial score (nSPS) is 17.2. The Morgan fingerprint density at radius 3 is 2.82 bits per heavy atom. The topological polar surface area (TPSA) is 42.4 Å². The lowest BCUT2D eigenvalue weighted by Gasteiger charge is -2.20. The smallest absolute Gasteiger partial charge is 0.263 e. The fourth-order valence-corrected chi connectivity index (χ4v) is 3.45. The SMILES string of the molecule is CN(C(=O)c1cccnc1OC1CCSC1)c1ccccc1. The van der Waals surface area contributed by atoms with Gasteiger partial charge in [0.2, 0.25) is 5.88 Å². The van der Waals surface area contributed by atoms with Crippen LogP contribution in [0.4, 0.5) is 5.69 Å². The summed E-state index contributed by atoms with van der Waals surface area (Å²) < 4.78 is 5.93. The van der Waals surface area contributed by atoms with Crippen molar-refractivity contribution in [3.05, 3.63) is 54.2 Å². The number of carbonyl (C=O) groups is 1. The van der Waals surface area contributed by atoms with Crippen LogP contribution in [0.3, 0.4) is 0 Å². The second kappa shape index (κ2) is 6.83. The Labute approximate surface area is 134 Å². The Morgan fingerprint density at radius 1 is 1.27 bits per heavy atom. The van der Waals surface area contributed by atoms with E-state index in [0.29, 0.717) is 11.4 Å². The predicted molar refractivity (Wildman–Crippen MR) is 89.8 cm³/mol. The third-order valence-corrected chi connectivity index (χ3v) is 4.75. The molecule has 1 amide bonds. The molecule has 0 saturated carbocycles. The van der Waals surface area contributed by atoms with E-state index in [1.165, 1.54) is 0 Å². The quantitative estimate of drug-likeness (QED) is 0.869. The van der Waals surface area contributed by atoms with Crippen molar-refractivity contribution in [3.63, 3.8) is 0 Å². The first-order chi connectivity index (χ1) is 10.8. The van der Waals surface area contributed by atoms with Crippen molar-refractivity contribution in [3.8, 4) is 5.88 Å². The van der Waals surface area contributed by atoms with E-state index >= 15 is 0 Å². The summed E-state index contributed by atoms with van der Waals surface area (Å²) in [6, 6.07) is 13.1. The van der Waals surface area contributed by atoms with E-state index in [0.717, 1.165) is 23.6 Å². The van der Waals surface area contributed by atoms with Crippen LogP contribution in [0, 0.1) is 0 Å². The molecule has 114 valence electrons. The molecule has 5 heteroatoms. The van der Waals surface area contributed by atoms with Crippen LogP contribution >= 0.6 is 11.8 Å². The second-order valence-electron chi connectivity index (χ2n) is 5.16. The highest BCUT2D eigenvalue weighted by Gasteiger charge is 2.23. The molecule has 0 aliphatic carbocycles. The molecule has 0 bridgehead atoms. The Kier molecular flexibility index (Phi) is 4.63. The van der Waals surface area contributed by atoms with Crippen LogP contribution in [0.5, 0.6) is 5.88 Å². The fourth-order valence-electron chi connectivity index (χ4n) is 2.36. The Morgan fingerprint density at radius 2 is 2.09 bits per heavy atom. The van der Waals surface area contributed by atoms with Gasteiger partial charge in [-0.05, 0) is 36.4 Å². The van der Waals surface area contributed by atoms with Gasteiger partial charge < -0.3 is 9.64 Å². The number of aromatic nitrogens is 1. The van der Waals surface area contributed by atoms with Gasteiger partial charge in [-0.15, -0.1) is 0 Å². The zero-order valence-corrected chi connectivity index (χ0v) is 13.3. The molecule has 2 aromatic rings. The number of thioether (sulfide) groups is 1. The molecule has 0 spiro atoms. The summed E-state index contributed by atoms with van der Waals surface area (Å²) >= 11 is 1.87. The summed E-state index contributed by atoms with van der Waals surface area (Å²) in [6.45, 7) is 0. The summed E-state index contributed by atoms with van der Waals surface area (Å²) in [5.41, 5.74) is 1.35. The number of para-hydroxylation sites is 1. The number of nitrogens with zero attached hydrogens (tertiary/aromatic N) is 2. The van der Waals surface area contributed by atoms with E-state index in [2.05, 4.69) is 4.98 Å². The second-order valence-corrected chi connectivity index (χ2v) is 6.31. The van der Waals surface area contributed by atoms with Gasteiger partial charge >= 0.3 is 0 Å². The van der Waals surface area contributed by atoms with Crippen molar-refractivity contribution in [2.75, 3.05) is 23.5 Å². The number of hydrogen-bond donors (Lipinski definition) is 0. The van der Waals surface area contributed by atoms with E-state index in [4.69, 9.17) is 4.74 Å². The van der Waals surface area contributed by atoms with Crippen LogP contribution in [0.15, 0.2) is 48.7 Å². The lowest BCUT2D eigenvalue weighted by molar-refractivity contribution is 0.0985. The average Bonchev–Trinajstić information content (AvgIpc) is 3.08. The molecule has 1 aromatic heterocycles. The van der Waals surface area contributed by atoms with Gasteiger partial charge in [0.15, 0.2) is 0 Å². The Bertz CT molecular complexity index is 642. The van der Waals surface area contributed by atoms with E-state index in [1.54, 1.807) is 30.3 Å². The van der Waals surface area contributed by atoms with Gasteiger partial charge in [0.05, 0.1) is 0 Å². The standard InChI is InChI=1S/C17H18N2O2S/c1-19(13-6-3-2-4-7-13)17(20)15-8-5-10-18-16(15)21-14-9-11-22-12-14/h2-8,10,14H,9,11-12H2,1H3. The molecule has 1 fully saturated rings. The molecule has 0 N–H and O–H groups in total. The van der Waals surface area contributed by atoms with Crippen LogP contribution in [-0.4, -0.2) is 35.5 Å². The molecular formula is C17H18N2O2S. The van der Waals surface area contributed by atoms with E-state index in [1.807, 2.05) is 42.1 Å². The highest BCUT2D eigenvalue weighted by atomic mass is 32.2. The summed E-state index contributed by atoms with van der Waals surface area (Å²) in [7, 11) is 1.76. The number of rotatable bonds is 4. The number of carbonyl (C=O) groups excluding carboxylic acids is 1. The van der Waals surface area contributed by atoms with Gasteiger partial charge in [0.25, 0.3) is 5.91 Å². The van der Waals surface area contributed by atoms with Crippen LogP contribution in [0.2, 0.25) is 0 Å². The molecule has 1 atom stereocenters. The van der Waals surface area contributed by atoms with Crippen LogP contribution in [0.1, 0.15) is 16.8 Å². The zero-order chi connectivity index (χ0) is 15.4. The van der Waals surface area contributed by atoms with Crippen molar-refractivity contribution in [2.45, 2.75) is 12.5 Å². The largest absolute Gasteiger partial charge is 0.473 e. The first-order valence-electron chi connectivity index (χ1n) is 7.28. The van der Waals surface area contributed by atoms with E-state index in [-0.39, 0.29) is 12.0 Å².